The summed E-state index contributed by atoms with van der Waals surface area (Å²) in [7, 11) is 0. The van der Waals surface area contributed by atoms with E-state index < -0.39 is 17.8 Å². The van der Waals surface area contributed by atoms with Gasteiger partial charge in [0, 0.05) is 5.69 Å². The quantitative estimate of drug-likeness (QED) is 0.506. The van der Waals surface area contributed by atoms with E-state index in [2.05, 4.69) is 30.8 Å². The maximum atomic E-state index is 13.2. The molecule has 3 aromatic heterocycles. The number of hydrogen-bond donors (Lipinski definition) is 1. The Labute approximate surface area is 156 Å². The fourth-order valence-electron chi connectivity index (χ4n) is 2.08. The first-order valence-corrected chi connectivity index (χ1v) is 8.85. The molecule has 0 bridgehead atoms. The van der Waals surface area contributed by atoms with Crippen molar-refractivity contribution in [3.63, 3.8) is 0 Å². The summed E-state index contributed by atoms with van der Waals surface area (Å²) >= 11 is 2.19. The van der Waals surface area contributed by atoms with Crippen LogP contribution in [0.2, 0.25) is 0 Å². The number of anilines is 2. The van der Waals surface area contributed by atoms with Crippen LogP contribution in [0.4, 0.5) is 28.4 Å². The van der Waals surface area contributed by atoms with Crippen LogP contribution >= 0.6 is 23.1 Å². The monoisotopic (exact) mass is 413 g/mol. The second-order valence-corrected chi connectivity index (χ2v) is 7.32. The lowest BCUT2D eigenvalue weighted by Gasteiger charge is -2.03. The first-order chi connectivity index (χ1) is 12.9. The van der Waals surface area contributed by atoms with Gasteiger partial charge in [-0.05, 0) is 42.1 Å². The molecule has 13 heteroatoms. The highest BCUT2D eigenvalue weighted by Crippen LogP contribution is 2.33. The zero-order valence-corrected chi connectivity index (χ0v) is 14.6. The minimum Gasteiger partial charge on any atom is -0.330 e. The summed E-state index contributed by atoms with van der Waals surface area (Å²) in [6.07, 6.45) is -4.67. The number of benzene rings is 1. The fraction of sp³-hybridized carbons (Fsp3) is 0.0714. The summed E-state index contributed by atoms with van der Waals surface area (Å²) in [4.78, 5) is 0. The van der Waals surface area contributed by atoms with Gasteiger partial charge in [0.15, 0.2) is 9.99 Å². The Morgan fingerprint density at radius 3 is 2.67 bits per heavy atom. The maximum Gasteiger partial charge on any atom is 0.453 e. The van der Waals surface area contributed by atoms with Crippen molar-refractivity contribution in [1.29, 1.82) is 0 Å². The van der Waals surface area contributed by atoms with Gasteiger partial charge in [0.1, 0.15) is 10.8 Å². The third-order valence-corrected chi connectivity index (χ3v) is 4.98. The van der Waals surface area contributed by atoms with E-state index in [0.717, 1.165) is 23.1 Å². The van der Waals surface area contributed by atoms with Crippen LogP contribution in [-0.4, -0.2) is 30.0 Å². The van der Waals surface area contributed by atoms with Crippen LogP contribution in [0.5, 0.6) is 0 Å². The Morgan fingerprint density at radius 1 is 1.04 bits per heavy atom. The Morgan fingerprint density at radius 2 is 1.89 bits per heavy atom. The van der Waals surface area contributed by atoms with Crippen molar-refractivity contribution in [2.45, 2.75) is 15.5 Å². The van der Waals surface area contributed by atoms with Crippen molar-refractivity contribution < 1.29 is 17.6 Å². The molecule has 7 nitrogen and oxygen atoms in total. The van der Waals surface area contributed by atoms with Crippen LogP contribution in [0.15, 0.2) is 45.8 Å². The molecular formula is C14H7F4N7S2. The van der Waals surface area contributed by atoms with Crippen molar-refractivity contribution in [3.05, 3.63) is 48.0 Å². The number of alkyl halides is 3. The first-order valence-electron chi connectivity index (χ1n) is 7.22. The van der Waals surface area contributed by atoms with Crippen LogP contribution in [0.1, 0.15) is 5.82 Å². The van der Waals surface area contributed by atoms with E-state index in [0.29, 0.717) is 19.7 Å². The summed E-state index contributed by atoms with van der Waals surface area (Å²) in [6.45, 7) is 0. The lowest BCUT2D eigenvalue weighted by atomic mass is 10.3. The van der Waals surface area contributed by atoms with Crippen LogP contribution in [0.3, 0.4) is 0 Å². The van der Waals surface area contributed by atoms with Gasteiger partial charge in [-0.15, -0.1) is 20.4 Å². The van der Waals surface area contributed by atoms with E-state index >= 15 is 0 Å². The number of aromatic nitrogens is 6. The molecule has 1 N–H and O–H groups in total. The van der Waals surface area contributed by atoms with Crippen LogP contribution < -0.4 is 5.32 Å². The van der Waals surface area contributed by atoms with Gasteiger partial charge in [-0.1, -0.05) is 17.4 Å². The molecule has 4 rings (SSSR count). The first kappa shape index (κ1) is 17.6. The number of fused-ring (bicyclic) bond motifs is 1. The molecule has 0 aliphatic heterocycles. The summed E-state index contributed by atoms with van der Waals surface area (Å²) in [5, 5.41) is 21.9. The molecule has 0 aliphatic carbocycles. The largest absolute Gasteiger partial charge is 0.453 e. The Balaban J connectivity index is 1.55. The fourth-order valence-corrected chi connectivity index (χ4v) is 3.76. The van der Waals surface area contributed by atoms with E-state index in [1.165, 1.54) is 24.3 Å². The zero-order valence-electron chi connectivity index (χ0n) is 13.0. The van der Waals surface area contributed by atoms with Crippen LogP contribution in [0.25, 0.3) is 5.65 Å². The van der Waals surface area contributed by atoms with E-state index in [1.807, 2.05) is 0 Å². The number of nitrogens with zero attached hydrogens (tertiary/aromatic N) is 6. The molecule has 0 aliphatic rings. The Bertz CT molecular complexity index is 1110. The normalized spacial score (nSPS) is 11.9. The highest BCUT2D eigenvalue weighted by atomic mass is 32.2. The molecule has 0 fully saturated rings. The summed E-state index contributed by atoms with van der Waals surface area (Å²) in [5.74, 6) is -1.60. The molecule has 138 valence electrons. The average molecular weight is 413 g/mol. The SMILES string of the molecule is Fc1cccc(Nc2nnc(Sc3ccc4nnc(C(F)(F)F)n4n3)s2)c1. The summed E-state index contributed by atoms with van der Waals surface area (Å²) < 4.78 is 53.1. The summed E-state index contributed by atoms with van der Waals surface area (Å²) in [6, 6.07) is 8.71. The molecule has 0 spiro atoms. The third kappa shape index (κ3) is 3.83. The van der Waals surface area contributed by atoms with E-state index in [4.69, 9.17) is 0 Å². The van der Waals surface area contributed by atoms with Crippen molar-refractivity contribution in [3.8, 4) is 0 Å². The van der Waals surface area contributed by atoms with E-state index in [1.54, 1.807) is 12.1 Å². The van der Waals surface area contributed by atoms with Crippen molar-refractivity contribution in [2.75, 3.05) is 5.32 Å². The Kier molecular flexibility index (Phi) is 4.39. The molecule has 0 radical (unpaired) electrons. The number of halogens is 4. The second kappa shape index (κ2) is 6.74. The predicted molar refractivity (Wildman–Crippen MR) is 89.5 cm³/mol. The van der Waals surface area contributed by atoms with Crippen molar-refractivity contribution in [1.82, 2.24) is 30.0 Å². The van der Waals surface area contributed by atoms with E-state index in [9.17, 15) is 17.6 Å². The highest BCUT2D eigenvalue weighted by molar-refractivity contribution is 8.01. The van der Waals surface area contributed by atoms with Gasteiger partial charge < -0.3 is 5.32 Å². The third-order valence-electron chi connectivity index (χ3n) is 3.17. The molecular weight excluding hydrogens is 406 g/mol. The summed E-state index contributed by atoms with van der Waals surface area (Å²) in [5.41, 5.74) is 0.485. The molecule has 0 amide bonds. The minimum atomic E-state index is -4.67. The van der Waals surface area contributed by atoms with Gasteiger partial charge in [-0.3, -0.25) is 0 Å². The highest BCUT2D eigenvalue weighted by Gasteiger charge is 2.37. The van der Waals surface area contributed by atoms with Crippen LogP contribution in [-0.2, 0) is 6.18 Å². The molecule has 0 unspecified atom stereocenters. The molecule has 0 saturated heterocycles. The molecule has 0 saturated carbocycles. The van der Waals surface area contributed by atoms with Crippen molar-refractivity contribution >= 4 is 39.6 Å². The zero-order chi connectivity index (χ0) is 19.0. The molecule has 1 aromatic carbocycles. The number of rotatable bonds is 4. The minimum absolute atomic E-state index is 0.0163. The molecule has 27 heavy (non-hydrogen) atoms. The van der Waals surface area contributed by atoms with Gasteiger partial charge >= 0.3 is 6.18 Å². The Hall–Kier alpha value is -2.80. The predicted octanol–water partition coefficient (Wildman–Crippen LogP) is 4.03. The van der Waals surface area contributed by atoms with Crippen LogP contribution in [0, 0.1) is 5.82 Å². The lowest BCUT2D eigenvalue weighted by molar-refractivity contribution is -0.146. The number of nitrogens with one attached hydrogen (secondary N) is 1. The van der Waals surface area contributed by atoms with E-state index in [-0.39, 0.29) is 10.7 Å². The maximum absolute atomic E-state index is 13.2. The van der Waals surface area contributed by atoms with Gasteiger partial charge in [0.05, 0.1) is 0 Å². The smallest absolute Gasteiger partial charge is 0.330 e. The lowest BCUT2D eigenvalue weighted by Crippen LogP contribution is -2.12. The van der Waals surface area contributed by atoms with Gasteiger partial charge in [-0.2, -0.15) is 22.8 Å². The molecule has 4 aromatic rings. The average Bonchev–Trinajstić information content (AvgIpc) is 3.21. The van der Waals surface area contributed by atoms with Gasteiger partial charge in [0.2, 0.25) is 5.13 Å². The molecule has 3 heterocycles. The van der Waals surface area contributed by atoms with Gasteiger partial charge in [-0.25, -0.2) is 4.39 Å². The number of hydrogen-bond acceptors (Lipinski definition) is 8. The topological polar surface area (TPSA) is 80.9 Å². The standard InChI is InChI=1S/C14H7F4N7S2/c15-7-2-1-3-8(6-7)19-12-22-23-13(27-12)26-10-5-4-9-20-21-11(14(16,17)18)25(9)24-10/h1-6H,(H,19,22). The van der Waals surface area contributed by atoms with Crippen molar-refractivity contribution in [2.24, 2.45) is 0 Å². The van der Waals surface area contributed by atoms with Gasteiger partial charge in [0.25, 0.3) is 5.82 Å². The second-order valence-electron chi connectivity index (χ2n) is 5.07. The molecule has 0 atom stereocenters.